The fraction of sp³-hybridized carbons (Fsp3) is 0. The number of aromatic nitrogens is 1. The number of rotatable bonds is 2. The summed E-state index contributed by atoms with van der Waals surface area (Å²) in [5.41, 5.74) is -0.239. The van der Waals surface area contributed by atoms with Crippen LogP contribution >= 0.6 is 0 Å². The van der Waals surface area contributed by atoms with Crippen molar-refractivity contribution in [3.05, 3.63) is 100 Å². The van der Waals surface area contributed by atoms with Gasteiger partial charge in [0.05, 0.1) is 16.6 Å². The van der Waals surface area contributed by atoms with E-state index in [1.54, 1.807) is 0 Å². The first-order valence-electron chi connectivity index (χ1n) is 8.00. The van der Waals surface area contributed by atoms with E-state index < -0.39 is 34.3 Å². The molecule has 0 aliphatic heterocycles. The fourth-order valence-corrected chi connectivity index (χ4v) is 3.08. The number of halogens is 4. The molecular weight excluding hydrogens is 358 g/mol. The van der Waals surface area contributed by atoms with Gasteiger partial charge in [-0.15, -0.1) is 0 Å². The van der Waals surface area contributed by atoms with E-state index in [4.69, 9.17) is 0 Å². The van der Waals surface area contributed by atoms with Crippen molar-refractivity contribution in [2.45, 2.75) is 0 Å². The first kappa shape index (κ1) is 17.0. The molecule has 2 aromatic carbocycles. The number of fused-ring (bicyclic) bond motifs is 1. The molecule has 4 rings (SSSR count). The Morgan fingerprint density at radius 3 is 2.19 bits per heavy atom. The Bertz CT molecular complexity index is 1230. The van der Waals surface area contributed by atoms with E-state index in [1.165, 1.54) is 47.1 Å². The highest BCUT2D eigenvalue weighted by Crippen LogP contribution is 2.29. The molecule has 27 heavy (non-hydrogen) atoms. The van der Waals surface area contributed by atoms with Crippen molar-refractivity contribution < 1.29 is 17.6 Å². The highest BCUT2D eigenvalue weighted by Gasteiger charge is 2.17. The minimum Gasteiger partial charge on any atom is -0.322 e. The van der Waals surface area contributed by atoms with Gasteiger partial charge in [0.1, 0.15) is 23.3 Å². The molecule has 134 valence electrons. The molecule has 0 amide bonds. The molecule has 2 aromatic heterocycles. The molecule has 0 bridgehead atoms. The van der Waals surface area contributed by atoms with Gasteiger partial charge in [-0.3, -0.25) is 4.79 Å². The Morgan fingerprint density at radius 1 is 0.741 bits per heavy atom. The van der Waals surface area contributed by atoms with Crippen LogP contribution in [0.3, 0.4) is 0 Å². The molecule has 0 fully saturated rings. The molecule has 0 saturated heterocycles. The first-order valence-corrected chi connectivity index (χ1v) is 8.00. The van der Waals surface area contributed by atoms with Crippen molar-refractivity contribution in [2.75, 3.05) is 0 Å². The molecule has 0 N–H and O–H groups in total. The fourth-order valence-electron chi connectivity index (χ4n) is 3.08. The van der Waals surface area contributed by atoms with Crippen LogP contribution in [0.15, 0.2) is 71.8 Å². The average Bonchev–Trinajstić information content (AvgIpc) is 2.63. The summed E-state index contributed by atoms with van der Waals surface area (Å²) in [6.07, 6.45) is 2.93. The molecule has 0 aliphatic carbocycles. The second kappa shape index (κ2) is 6.39. The second-order valence-electron chi connectivity index (χ2n) is 5.99. The lowest BCUT2D eigenvalue weighted by Crippen LogP contribution is -2.09. The summed E-state index contributed by atoms with van der Waals surface area (Å²) in [6.45, 7) is 0. The van der Waals surface area contributed by atoms with Crippen LogP contribution < -0.4 is 5.43 Å². The Kier molecular flexibility index (Phi) is 4.03. The van der Waals surface area contributed by atoms with Crippen molar-refractivity contribution in [2.24, 2.45) is 0 Å². The maximum absolute atomic E-state index is 14.2. The molecule has 2 nitrogen and oxygen atoms in total. The van der Waals surface area contributed by atoms with Gasteiger partial charge < -0.3 is 4.40 Å². The van der Waals surface area contributed by atoms with E-state index >= 15 is 0 Å². The van der Waals surface area contributed by atoms with Crippen LogP contribution in [0.5, 0.6) is 0 Å². The van der Waals surface area contributed by atoms with Gasteiger partial charge in [-0.05, 0) is 30.3 Å². The van der Waals surface area contributed by atoms with Crippen LogP contribution in [0, 0.1) is 23.3 Å². The minimum atomic E-state index is -0.853. The van der Waals surface area contributed by atoms with Crippen LogP contribution in [0.25, 0.3) is 27.8 Å². The molecule has 4 aromatic rings. The summed E-state index contributed by atoms with van der Waals surface area (Å²) in [4.78, 5) is 12.3. The van der Waals surface area contributed by atoms with Gasteiger partial charge in [0.25, 0.3) is 0 Å². The molecule has 0 unspecified atom stereocenters. The molecule has 2 heterocycles. The third-order valence-corrected chi connectivity index (χ3v) is 4.32. The van der Waals surface area contributed by atoms with Crippen LogP contribution in [-0.4, -0.2) is 4.40 Å². The van der Waals surface area contributed by atoms with Gasteiger partial charge >= 0.3 is 0 Å². The van der Waals surface area contributed by atoms with Crippen LogP contribution in [-0.2, 0) is 0 Å². The van der Waals surface area contributed by atoms with Gasteiger partial charge in [-0.1, -0.05) is 12.1 Å². The van der Waals surface area contributed by atoms with Crippen molar-refractivity contribution >= 4 is 5.52 Å². The molecule has 0 aliphatic rings. The zero-order valence-corrected chi connectivity index (χ0v) is 13.7. The third kappa shape index (κ3) is 2.89. The zero-order chi connectivity index (χ0) is 19.1. The lowest BCUT2D eigenvalue weighted by atomic mass is 10.0. The molecule has 0 radical (unpaired) electrons. The summed E-state index contributed by atoms with van der Waals surface area (Å²) in [5.74, 6) is -3.14. The van der Waals surface area contributed by atoms with Crippen molar-refractivity contribution in [1.82, 2.24) is 4.40 Å². The van der Waals surface area contributed by atoms with Gasteiger partial charge in [-0.2, -0.15) is 0 Å². The smallest absolute Gasteiger partial charge is 0.190 e. The van der Waals surface area contributed by atoms with Crippen LogP contribution in [0.4, 0.5) is 17.6 Å². The second-order valence-corrected chi connectivity index (χ2v) is 5.99. The summed E-state index contributed by atoms with van der Waals surface area (Å²) in [6, 6.07) is 10.7. The lowest BCUT2D eigenvalue weighted by molar-refractivity contribution is 0.585. The standard InChI is InChI=1S/C21H11F4NO/c22-13-5-6-14(17(25)10-13)12-4-7-18-21(19(27)8-9-26(18)11-12)20-15(23)2-1-3-16(20)24/h1-11H. The van der Waals surface area contributed by atoms with Gasteiger partial charge in [-0.25, -0.2) is 17.6 Å². The first-order chi connectivity index (χ1) is 13.0. The maximum Gasteiger partial charge on any atom is 0.190 e. The summed E-state index contributed by atoms with van der Waals surface area (Å²) >= 11 is 0. The molecule has 0 atom stereocenters. The minimum absolute atomic E-state index is 0.126. The predicted molar refractivity (Wildman–Crippen MR) is 94.4 cm³/mol. The Balaban J connectivity index is 1.98. The average molecular weight is 369 g/mol. The summed E-state index contributed by atoms with van der Waals surface area (Å²) < 4.78 is 57.1. The molecule has 0 spiro atoms. The molecular formula is C21H11F4NO. The van der Waals surface area contributed by atoms with Crippen molar-refractivity contribution in [3.63, 3.8) is 0 Å². The lowest BCUT2D eigenvalue weighted by Gasteiger charge is -2.12. The SMILES string of the molecule is O=c1ccn2cc(-c3ccc(F)cc3F)ccc2c1-c1c(F)cccc1F. The third-order valence-electron chi connectivity index (χ3n) is 4.32. The summed E-state index contributed by atoms with van der Waals surface area (Å²) in [7, 11) is 0. The van der Waals surface area contributed by atoms with E-state index in [0.717, 1.165) is 24.3 Å². The van der Waals surface area contributed by atoms with Gasteiger partial charge in [0.2, 0.25) is 0 Å². The quantitative estimate of drug-likeness (QED) is 0.446. The van der Waals surface area contributed by atoms with E-state index in [2.05, 4.69) is 0 Å². The highest BCUT2D eigenvalue weighted by atomic mass is 19.1. The Morgan fingerprint density at radius 2 is 1.48 bits per heavy atom. The normalized spacial score (nSPS) is 11.1. The number of hydrogen-bond acceptors (Lipinski definition) is 1. The number of hydrogen-bond donors (Lipinski definition) is 0. The Hall–Kier alpha value is -3.41. The number of pyridine rings is 2. The highest BCUT2D eigenvalue weighted by molar-refractivity contribution is 5.82. The van der Waals surface area contributed by atoms with E-state index in [9.17, 15) is 22.4 Å². The van der Waals surface area contributed by atoms with Crippen LogP contribution in [0.1, 0.15) is 0 Å². The van der Waals surface area contributed by atoms with Crippen molar-refractivity contribution in [1.29, 1.82) is 0 Å². The van der Waals surface area contributed by atoms with Crippen molar-refractivity contribution in [3.8, 4) is 22.3 Å². The largest absolute Gasteiger partial charge is 0.322 e. The van der Waals surface area contributed by atoms with E-state index in [-0.39, 0.29) is 16.6 Å². The zero-order valence-electron chi connectivity index (χ0n) is 13.7. The topological polar surface area (TPSA) is 21.5 Å². The molecule has 0 saturated carbocycles. The maximum atomic E-state index is 14.2. The van der Waals surface area contributed by atoms with Gasteiger partial charge in [0, 0.05) is 35.7 Å². The van der Waals surface area contributed by atoms with E-state index in [1.807, 2.05) is 0 Å². The number of nitrogens with zero attached hydrogens (tertiary/aromatic N) is 1. The van der Waals surface area contributed by atoms with Crippen LogP contribution in [0.2, 0.25) is 0 Å². The number of benzene rings is 2. The van der Waals surface area contributed by atoms with E-state index in [0.29, 0.717) is 5.56 Å². The Labute approximate surface area is 150 Å². The van der Waals surface area contributed by atoms with Gasteiger partial charge in [0.15, 0.2) is 5.43 Å². The monoisotopic (exact) mass is 369 g/mol. The molecule has 6 heteroatoms. The predicted octanol–water partition coefficient (Wildman–Crippen LogP) is 5.19. The summed E-state index contributed by atoms with van der Waals surface area (Å²) in [5, 5.41) is 0.